The number of aryl methyl sites for hydroxylation is 1. The first-order chi connectivity index (χ1) is 11.0. The Labute approximate surface area is 139 Å². The molecule has 0 saturated heterocycles. The number of rotatable bonds is 8. The summed E-state index contributed by atoms with van der Waals surface area (Å²) >= 11 is 0. The monoisotopic (exact) mass is 315 g/mol. The zero-order chi connectivity index (χ0) is 16.8. The molecule has 4 nitrogen and oxygen atoms in total. The van der Waals surface area contributed by atoms with E-state index in [9.17, 15) is 5.11 Å². The van der Waals surface area contributed by atoms with Crippen LogP contribution >= 0.6 is 0 Å². The molecule has 0 aliphatic rings. The fourth-order valence-electron chi connectivity index (χ4n) is 3.03. The third-order valence-electron chi connectivity index (χ3n) is 4.21. The lowest BCUT2D eigenvalue weighted by atomic mass is 10.1. The molecule has 2 rings (SSSR count). The molecule has 1 heterocycles. The van der Waals surface area contributed by atoms with E-state index in [0.717, 1.165) is 37.1 Å². The van der Waals surface area contributed by atoms with E-state index < -0.39 is 0 Å². The molecule has 0 bridgehead atoms. The van der Waals surface area contributed by atoms with Gasteiger partial charge in [-0.2, -0.15) is 0 Å². The maximum absolute atomic E-state index is 10.0. The van der Waals surface area contributed by atoms with Gasteiger partial charge in [0.15, 0.2) is 0 Å². The van der Waals surface area contributed by atoms with E-state index in [1.807, 2.05) is 41.2 Å². The van der Waals surface area contributed by atoms with Crippen LogP contribution in [0.4, 0.5) is 0 Å². The summed E-state index contributed by atoms with van der Waals surface area (Å²) in [6.45, 7) is 10.9. The Kier molecular flexibility index (Phi) is 6.22. The molecule has 2 aromatic rings. The van der Waals surface area contributed by atoms with Crippen LogP contribution in [0.3, 0.4) is 0 Å². The Hall–Kier alpha value is -1.81. The summed E-state index contributed by atoms with van der Waals surface area (Å²) in [5, 5.41) is 14.3. The van der Waals surface area contributed by atoms with Crippen molar-refractivity contribution in [3.63, 3.8) is 0 Å². The predicted molar refractivity (Wildman–Crippen MR) is 95.5 cm³/mol. The Bertz CT molecular complexity index is 582. The lowest BCUT2D eigenvalue weighted by Crippen LogP contribution is -2.37. The third-order valence-corrected chi connectivity index (χ3v) is 4.21. The summed E-state index contributed by atoms with van der Waals surface area (Å²) in [5.74, 6) is 0.113. The highest BCUT2D eigenvalue weighted by Crippen LogP contribution is 2.27. The molecule has 0 atom stereocenters. The Morgan fingerprint density at radius 2 is 1.70 bits per heavy atom. The van der Waals surface area contributed by atoms with E-state index in [2.05, 4.69) is 37.7 Å². The SMILES string of the molecule is CC(C)N(CCCCn1cc(-c2ccccc2)c(O)n1)C(C)C. The molecule has 1 aromatic carbocycles. The van der Waals surface area contributed by atoms with Gasteiger partial charge in [-0.25, -0.2) is 0 Å². The predicted octanol–water partition coefficient (Wildman–Crippen LogP) is 4.15. The van der Waals surface area contributed by atoms with Crippen LogP contribution in [-0.4, -0.2) is 38.4 Å². The molecule has 0 fully saturated rings. The van der Waals surface area contributed by atoms with E-state index in [4.69, 9.17) is 0 Å². The molecule has 1 aromatic heterocycles. The van der Waals surface area contributed by atoms with Gasteiger partial charge < -0.3 is 5.11 Å². The second kappa shape index (κ2) is 8.16. The molecular weight excluding hydrogens is 286 g/mol. The van der Waals surface area contributed by atoms with Crippen molar-refractivity contribution >= 4 is 0 Å². The van der Waals surface area contributed by atoms with Crippen LogP contribution in [0.1, 0.15) is 40.5 Å². The topological polar surface area (TPSA) is 41.3 Å². The summed E-state index contributed by atoms with van der Waals surface area (Å²) in [7, 11) is 0. The molecule has 126 valence electrons. The fourth-order valence-corrected chi connectivity index (χ4v) is 3.03. The van der Waals surface area contributed by atoms with Crippen molar-refractivity contribution in [1.29, 1.82) is 0 Å². The van der Waals surface area contributed by atoms with Gasteiger partial charge in [-0.05, 0) is 52.6 Å². The molecule has 0 amide bonds. The summed E-state index contributed by atoms with van der Waals surface area (Å²) in [5.41, 5.74) is 1.80. The van der Waals surface area contributed by atoms with Gasteiger partial charge in [-0.3, -0.25) is 9.58 Å². The van der Waals surface area contributed by atoms with Gasteiger partial charge in [0.05, 0.1) is 5.56 Å². The highest BCUT2D eigenvalue weighted by atomic mass is 16.3. The first kappa shape index (κ1) is 17.5. The van der Waals surface area contributed by atoms with Crippen molar-refractivity contribution in [3.8, 4) is 17.0 Å². The molecule has 1 N–H and O–H groups in total. The number of nitrogens with zero attached hydrogens (tertiary/aromatic N) is 3. The van der Waals surface area contributed by atoms with Crippen molar-refractivity contribution in [2.24, 2.45) is 0 Å². The number of hydrogen-bond acceptors (Lipinski definition) is 3. The molecular formula is C19H29N3O. The fraction of sp³-hybridized carbons (Fsp3) is 0.526. The van der Waals surface area contributed by atoms with Gasteiger partial charge in [-0.1, -0.05) is 30.3 Å². The Morgan fingerprint density at radius 3 is 2.30 bits per heavy atom. The van der Waals surface area contributed by atoms with E-state index in [-0.39, 0.29) is 5.88 Å². The number of aromatic hydroxyl groups is 1. The molecule has 0 aliphatic heterocycles. The molecule has 4 heteroatoms. The lowest BCUT2D eigenvalue weighted by Gasteiger charge is -2.30. The van der Waals surface area contributed by atoms with Gasteiger partial charge >= 0.3 is 0 Å². The zero-order valence-electron chi connectivity index (χ0n) is 14.7. The van der Waals surface area contributed by atoms with Crippen LogP contribution < -0.4 is 0 Å². The van der Waals surface area contributed by atoms with Crippen molar-refractivity contribution in [1.82, 2.24) is 14.7 Å². The smallest absolute Gasteiger partial charge is 0.238 e. The van der Waals surface area contributed by atoms with Crippen molar-refractivity contribution in [2.75, 3.05) is 6.54 Å². The highest BCUT2D eigenvalue weighted by molar-refractivity contribution is 5.67. The second-order valence-electron chi connectivity index (χ2n) is 6.63. The summed E-state index contributed by atoms with van der Waals surface area (Å²) < 4.78 is 1.85. The van der Waals surface area contributed by atoms with Crippen LogP contribution in [-0.2, 0) is 6.54 Å². The van der Waals surface area contributed by atoms with Crippen LogP contribution in [0.5, 0.6) is 5.88 Å². The van der Waals surface area contributed by atoms with Crippen LogP contribution in [0.15, 0.2) is 36.5 Å². The van der Waals surface area contributed by atoms with E-state index >= 15 is 0 Å². The lowest BCUT2D eigenvalue weighted by molar-refractivity contribution is 0.170. The minimum Gasteiger partial charge on any atom is -0.492 e. The molecule has 0 saturated carbocycles. The van der Waals surface area contributed by atoms with Crippen molar-refractivity contribution in [3.05, 3.63) is 36.5 Å². The zero-order valence-corrected chi connectivity index (χ0v) is 14.7. The van der Waals surface area contributed by atoms with E-state index in [1.54, 1.807) is 0 Å². The molecule has 0 radical (unpaired) electrons. The normalized spacial score (nSPS) is 11.8. The van der Waals surface area contributed by atoms with Crippen LogP contribution in [0.25, 0.3) is 11.1 Å². The van der Waals surface area contributed by atoms with Gasteiger partial charge in [0.1, 0.15) is 0 Å². The quantitative estimate of drug-likeness (QED) is 0.744. The number of unbranched alkanes of at least 4 members (excludes halogenated alkanes) is 1. The largest absolute Gasteiger partial charge is 0.492 e. The summed E-state index contributed by atoms with van der Waals surface area (Å²) in [4.78, 5) is 2.51. The van der Waals surface area contributed by atoms with E-state index in [1.165, 1.54) is 0 Å². The van der Waals surface area contributed by atoms with E-state index in [0.29, 0.717) is 12.1 Å². The first-order valence-corrected chi connectivity index (χ1v) is 8.56. The standard InChI is InChI=1S/C19H29N3O/c1-15(2)22(16(3)4)13-9-8-12-21-14-18(19(23)20-21)17-10-6-5-7-11-17/h5-7,10-11,14-16H,8-9,12-13H2,1-4H3,(H,20,23). The average Bonchev–Trinajstić information content (AvgIpc) is 2.88. The van der Waals surface area contributed by atoms with Crippen LogP contribution in [0.2, 0.25) is 0 Å². The van der Waals surface area contributed by atoms with Gasteiger partial charge in [0, 0.05) is 24.8 Å². The Balaban J connectivity index is 1.88. The van der Waals surface area contributed by atoms with Crippen molar-refractivity contribution in [2.45, 2.75) is 59.2 Å². The maximum atomic E-state index is 10.0. The molecule has 0 aliphatic carbocycles. The minimum atomic E-state index is 0.113. The minimum absolute atomic E-state index is 0.113. The summed E-state index contributed by atoms with van der Waals surface area (Å²) in [6, 6.07) is 11.0. The highest BCUT2D eigenvalue weighted by Gasteiger charge is 2.13. The number of aromatic nitrogens is 2. The van der Waals surface area contributed by atoms with Crippen molar-refractivity contribution < 1.29 is 5.11 Å². The first-order valence-electron chi connectivity index (χ1n) is 8.56. The number of hydrogen-bond donors (Lipinski definition) is 1. The van der Waals surface area contributed by atoms with Gasteiger partial charge in [-0.15, -0.1) is 5.10 Å². The van der Waals surface area contributed by atoms with Gasteiger partial charge in [0.2, 0.25) is 5.88 Å². The molecule has 23 heavy (non-hydrogen) atoms. The average molecular weight is 315 g/mol. The molecule has 0 spiro atoms. The summed E-state index contributed by atoms with van der Waals surface area (Å²) in [6.07, 6.45) is 4.14. The third kappa shape index (κ3) is 4.83. The maximum Gasteiger partial charge on any atom is 0.238 e. The molecule has 0 unspecified atom stereocenters. The Morgan fingerprint density at radius 1 is 1.04 bits per heavy atom. The van der Waals surface area contributed by atoms with Crippen LogP contribution in [0, 0.1) is 0 Å². The number of benzene rings is 1. The van der Waals surface area contributed by atoms with Gasteiger partial charge in [0.25, 0.3) is 0 Å². The second-order valence-corrected chi connectivity index (χ2v) is 6.63.